The zero-order valence-corrected chi connectivity index (χ0v) is 24.8. The number of Topliss-reactive ketones (excluding diaryl/α,β-unsaturated/α-hetero) is 1. The number of nitrogens with zero attached hydrogens (tertiary/aromatic N) is 1. The average molecular weight is 570 g/mol. The van der Waals surface area contributed by atoms with Gasteiger partial charge in [0, 0.05) is 32.2 Å². The maximum atomic E-state index is 13.4. The van der Waals surface area contributed by atoms with Gasteiger partial charge in [-0.1, -0.05) is 57.0 Å². The van der Waals surface area contributed by atoms with Crippen LogP contribution in [0.25, 0.3) is 0 Å². The Hall–Kier alpha value is -3.46. The fourth-order valence-electron chi connectivity index (χ4n) is 5.13. The van der Waals surface area contributed by atoms with Crippen molar-refractivity contribution in [2.75, 3.05) is 20.5 Å². The first kappa shape index (κ1) is 32.1. The van der Waals surface area contributed by atoms with E-state index >= 15 is 0 Å². The summed E-state index contributed by atoms with van der Waals surface area (Å²) < 4.78 is 28.1. The minimum Gasteiger partial charge on any atom is -0.493 e. The molecule has 2 heterocycles. The number of methoxy groups -OCH3 is 1. The lowest BCUT2D eigenvalue weighted by molar-refractivity contribution is -0.166. The van der Waals surface area contributed by atoms with Crippen molar-refractivity contribution in [1.82, 2.24) is 4.98 Å². The summed E-state index contributed by atoms with van der Waals surface area (Å²) >= 11 is 0. The second kappa shape index (κ2) is 16.1. The molecule has 9 nitrogen and oxygen atoms in total. The third-order valence-corrected chi connectivity index (χ3v) is 7.15. The van der Waals surface area contributed by atoms with Gasteiger partial charge in [-0.2, -0.15) is 0 Å². The SMILES string of the molecule is COc1ccnc(C(=O)C[C@H]2CCCC[C@H](Cc3ccccc3)[C@@H](OCC(C)C)[C@H](C)OC2=O)c1OCOC(C)=O. The number of benzene rings is 1. The second-order valence-electron chi connectivity index (χ2n) is 11.0. The lowest BCUT2D eigenvalue weighted by Gasteiger charge is -2.34. The second-order valence-corrected chi connectivity index (χ2v) is 11.0. The highest BCUT2D eigenvalue weighted by Gasteiger charge is 2.35. The normalized spacial score (nSPS) is 21.6. The molecule has 2 aromatic rings. The van der Waals surface area contributed by atoms with Gasteiger partial charge in [-0.15, -0.1) is 0 Å². The molecule has 41 heavy (non-hydrogen) atoms. The zero-order valence-electron chi connectivity index (χ0n) is 24.8. The Bertz CT molecular complexity index is 1140. The van der Waals surface area contributed by atoms with Crippen molar-refractivity contribution < 1.29 is 38.1 Å². The lowest BCUT2D eigenvalue weighted by Crippen LogP contribution is -2.41. The summed E-state index contributed by atoms with van der Waals surface area (Å²) in [5.74, 6) is -1.12. The summed E-state index contributed by atoms with van der Waals surface area (Å²) in [7, 11) is 1.44. The number of carbonyl (C=O) groups excluding carboxylic acids is 3. The number of pyridine rings is 1. The first-order chi connectivity index (χ1) is 19.7. The van der Waals surface area contributed by atoms with Gasteiger partial charge in [-0.3, -0.25) is 14.4 Å². The van der Waals surface area contributed by atoms with Gasteiger partial charge in [0.15, 0.2) is 23.0 Å². The molecular formula is C32H43NO8. The van der Waals surface area contributed by atoms with Crippen molar-refractivity contribution in [3.05, 3.63) is 53.9 Å². The summed E-state index contributed by atoms with van der Waals surface area (Å²) in [5.41, 5.74) is 1.24. The Morgan fingerprint density at radius 2 is 1.83 bits per heavy atom. The fraction of sp³-hybridized carbons (Fsp3) is 0.562. The first-order valence-electron chi connectivity index (χ1n) is 14.4. The molecule has 0 unspecified atom stereocenters. The largest absolute Gasteiger partial charge is 0.493 e. The van der Waals surface area contributed by atoms with Crippen LogP contribution in [0.15, 0.2) is 42.6 Å². The van der Waals surface area contributed by atoms with Crippen molar-refractivity contribution in [1.29, 1.82) is 0 Å². The molecule has 1 aliphatic heterocycles. The van der Waals surface area contributed by atoms with Gasteiger partial charge in [-0.05, 0) is 43.6 Å². The number of ketones is 1. The van der Waals surface area contributed by atoms with Crippen LogP contribution in [0.1, 0.15) is 75.9 Å². The topological polar surface area (TPSA) is 110 Å². The highest BCUT2D eigenvalue weighted by atomic mass is 16.7. The molecule has 1 aromatic heterocycles. The highest BCUT2D eigenvalue weighted by Crippen LogP contribution is 2.33. The van der Waals surface area contributed by atoms with Crippen LogP contribution in [0.3, 0.4) is 0 Å². The van der Waals surface area contributed by atoms with E-state index in [4.69, 9.17) is 23.7 Å². The van der Waals surface area contributed by atoms with Gasteiger partial charge < -0.3 is 23.7 Å². The van der Waals surface area contributed by atoms with Crippen LogP contribution in [0.4, 0.5) is 0 Å². The molecule has 0 saturated carbocycles. The van der Waals surface area contributed by atoms with E-state index in [9.17, 15) is 14.4 Å². The highest BCUT2D eigenvalue weighted by molar-refractivity contribution is 5.99. The summed E-state index contributed by atoms with van der Waals surface area (Å²) in [6.45, 7) is 7.50. The molecule has 1 aromatic carbocycles. The number of aromatic nitrogens is 1. The first-order valence-corrected chi connectivity index (χ1v) is 14.4. The molecule has 1 saturated heterocycles. The third-order valence-electron chi connectivity index (χ3n) is 7.15. The fourth-order valence-corrected chi connectivity index (χ4v) is 5.13. The lowest BCUT2D eigenvalue weighted by atomic mass is 9.84. The number of rotatable bonds is 12. The quantitative estimate of drug-likeness (QED) is 0.184. The van der Waals surface area contributed by atoms with E-state index in [0.717, 1.165) is 25.7 Å². The van der Waals surface area contributed by atoms with E-state index in [2.05, 4.69) is 31.0 Å². The van der Waals surface area contributed by atoms with Crippen LogP contribution < -0.4 is 9.47 Å². The average Bonchev–Trinajstić information content (AvgIpc) is 2.94. The van der Waals surface area contributed by atoms with E-state index in [1.54, 1.807) is 6.07 Å². The third kappa shape index (κ3) is 9.85. The van der Waals surface area contributed by atoms with E-state index in [1.165, 1.54) is 25.8 Å². The molecule has 4 atom stereocenters. The van der Waals surface area contributed by atoms with E-state index in [0.29, 0.717) is 18.9 Å². The van der Waals surface area contributed by atoms with Crippen LogP contribution in [0.2, 0.25) is 0 Å². The van der Waals surface area contributed by atoms with E-state index in [-0.39, 0.29) is 41.4 Å². The number of esters is 2. The molecule has 1 fully saturated rings. The van der Waals surface area contributed by atoms with Gasteiger partial charge in [0.25, 0.3) is 0 Å². The Morgan fingerprint density at radius 1 is 1.10 bits per heavy atom. The smallest absolute Gasteiger partial charge is 0.309 e. The van der Waals surface area contributed by atoms with Gasteiger partial charge in [0.2, 0.25) is 6.79 Å². The number of carbonyl (C=O) groups is 3. The van der Waals surface area contributed by atoms with Crippen molar-refractivity contribution >= 4 is 17.7 Å². The molecule has 0 N–H and O–H groups in total. The number of cyclic esters (lactones) is 1. The van der Waals surface area contributed by atoms with E-state index in [1.807, 2.05) is 25.1 Å². The molecule has 3 rings (SSSR count). The van der Waals surface area contributed by atoms with Crippen molar-refractivity contribution in [3.63, 3.8) is 0 Å². The zero-order chi connectivity index (χ0) is 29.8. The van der Waals surface area contributed by atoms with Crippen LogP contribution in [0, 0.1) is 17.8 Å². The van der Waals surface area contributed by atoms with Crippen molar-refractivity contribution in [2.45, 2.75) is 78.4 Å². The van der Waals surface area contributed by atoms with Gasteiger partial charge in [0.05, 0.1) is 19.1 Å². The van der Waals surface area contributed by atoms with Crippen LogP contribution in [-0.4, -0.2) is 55.4 Å². The van der Waals surface area contributed by atoms with Crippen molar-refractivity contribution in [3.8, 4) is 11.5 Å². The summed E-state index contributed by atoms with van der Waals surface area (Å²) in [6, 6.07) is 11.9. The molecule has 0 spiro atoms. The maximum Gasteiger partial charge on any atom is 0.309 e. The van der Waals surface area contributed by atoms with Gasteiger partial charge >= 0.3 is 11.9 Å². The van der Waals surface area contributed by atoms with E-state index < -0.39 is 30.8 Å². The summed E-state index contributed by atoms with van der Waals surface area (Å²) in [4.78, 5) is 42.3. The molecule has 1 aliphatic rings. The molecule has 0 aliphatic carbocycles. The number of ether oxygens (including phenoxy) is 5. The molecular weight excluding hydrogens is 526 g/mol. The molecule has 224 valence electrons. The van der Waals surface area contributed by atoms with Crippen LogP contribution >= 0.6 is 0 Å². The molecule has 9 heteroatoms. The van der Waals surface area contributed by atoms with Crippen molar-refractivity contribution in [2.24, 2.45) is 17.8 Å². The van der Waals surface area contributed by atoms with Crippen LogP contribution in [0.5, 0.6) is 11.5 Å². The molecule has 0 amide bonds. The summed E-state index contributed by atoms with van der Waals surface area (Å²) in [6.07, 6.45) is 4.53. The van der Waals surface area contributed by atoms with Gasteiger partial charge in [-0.25, -0.2) is 4.98 Å². The molecule has 0 bridgehead atoms. The summed E-state index contributed by atoms with van der Waals surface area (Å²) in [5, 5.41) is 0. The predicted octanol–water partition coefficient (Wildman–Crippen LogP) is 5.58. The predicted molar refractivity (Wildman–Crippen MR) is 153 cm³/mol. The Balaban J connectivity index is 1.77. The minimum absolute atomic E-state index is 0.00973. The monoisotopic (exact) mass is 569 g/mol. The molecule has 0 radical (unpaired) electrons. The Kier molecular flexibility index (Phi) is 12.6. The standard InChI is InChI=1S/C32H43NO8/c1-21(2)19-38-30-22(3)41-32(36)26(14-10-9-13-25(30)17-24-11-7-6-8-12-24)18-27(35)29-31(40-20-39-23(4)34)28(37-5)15-16-33-29/h6-8,11-12,15-16,21-22,25-26,30H,9-10,13-14,17-20H2,1-5H3/t22-,25+,26+,30-/m0/s1. The minimum atomic E-state index is -0.643. The van der Waals surface area contributed by atoms with Gasteiger partial charge in [0.1, 0.15) is 6.10 Å². The number of hydrogen-bond acceptors (Lipinski definition) is 9. The Labute approximate surface area is 242 Å². The maximum absolute atomic E-state index is 13.4. The van der Waals surface area contributed by atoms with Crippen LogP contribution in [-0.2, 0) is 30.2 Å². The number of hydrogen-bond donors (Lipinski definition) is 0. The Morgan fingerprint density at radius 3 is 2.51 bits per heavy atom.